The highest BCUT2D eigenvalue weighted by atomic mass is 35.5. The first-order chi connectivity index (χ1) is 10.9. The number of alkyl halides is 3. The normalized spacial score (nSPS) is 27.9. The van der Waals surface area contributed by atoms with Crippen molar-refractivity contribution in [2.45, 2.75) is 44.1 Å². The molecule has 3 rings (SSSR count). The van der Waals surface area contributed by atoms with Gasteiger partial charge in [-0.25, -0.2) is 0 Å². The van der Waals surface area contributed by atoms with E-state index in [0.717, 1.165) is 32.4 Å². The van der Waals surface area contributed by atoms with Crippen molar-refractivity contribution in [3.8, 4) is 0 Å². The molecule has 3 atom stereocenters. The standard InChI is InChI=1S/C15H23F3N4O.ClH/c1-22-8-10(14(21-22)15(16,17)18)7-20-12-4-2-3-11(12)13-9-23-6-5-19-13;/h8,11-13,19-20H,2-7,9H2,1H3;1H. The lowest BCUT2D eigenvalue weighted by atomic mass is 9.94. The number of rotatable bonds is 4. The van der Waals surface area contributed by atoms with Crippen molar-refractivity contribution in [1.29, 1.82) is 0 Å². The van der Waals surface area contributed by atoms with Gasteiger partial charge in [0.05, 0.1) is 13.2 Å². The molecule has 2 fully saturated rings. The predicted octanol–water partition coefficient (Wildman–Crippen LogP) is 2.11. The largest absolute Gasteiger partial charge is 0.435 e. The van der Waals surface area contributed by atoms with Crippen molar-refractivity contribution >= 4 is 12.4 Å². The van der Waals surface area contributed by atoms with Gasteiger partial charge in [-0.15, -0.1) is 12.4 Å². The number of ether oxygens (including phenoxy) is 1. The average Bonchev–Trinajstić information content (AvgIpc) is 3.11. The number of hydrogen-bond acceptors (Lipinski definition) is 4. The van der Waals surface area contributed by atoms with Crippen LogP contribution in [0.5, 0.6) is 0 Å². The van der Waals surface area contributed by atoms with Gasteiger partial charge >= 0.3 is 6.18 Å². The third-order valence-corrected chi connectivity index (χ3v) is 4.76. The van der Waals surface area contributed by atoms with Crippen LogP contribution in [0.4, 0.5) is 13.2 Å². The Morgan fingerprint density at radius 2 is 2.21 bits per heavy atom. The molecule has 1 saturated heterocycles. The SMILES string of the molecule is Cl.Cn1cc(CNC2CCCC2C2COCCN2)c(C(F)(F)F)n1. The third-order valence-electron chi connectivity index (χ3n) is 4.76. The molecule has 0 aromatic carbocycles. The highest BCUT2D eigenvalue weighted by molar-refractivity contribution is 5.85. The Kier molecular flexibility index (Phi) is 6.52. The summed E-state index contributed by atoms with van der Waals surface area (Å²) in [4.78, 5) is 0. The number of morpholine rings is 1. The van der Waals surface area contributed by atoms with E-state index in [1.54, 1.807) is 0 Å². The van der Waals surface area contributed by atoms with Crippen molar-refractivity contribution in [1.82, 2.24) is 20.4 Å². The summed E-state index contributed by atoms with van der Waals surface area (Å²) in [7, 11) is 1.51. The minimum Gasteiger partial charge on any atom is -0.379 e. The molecule has 9 heteroatoms. The van der Waals surface area contributed by atoms with Gasteiger partial charge in [0.15, 0.2) is 5.69 Å². The molecule has 0 bridgehead atoms. The molecule has 1 aromatic heterocycles. The minimum absolute atomic E-state index is 0. The Balaban J connectivity index is 0.00000208. The van der Waals surface area contributed by atoms with Crippen LogP contribution >= 0.6 is 12.4 Å². The zero-order valence-corrected chi connectivity index (χ0v) is 14.4. The third kappa shape index (κ3) is 4.41. The second-order valence-electron chi connectivity index (χ2n) is 6.39. The lowest BCUT2D eigenvalue weighted by Crippen LogP contribution is -2.50. The van der Waals surface area contributed by atoms with E-state index >= 15 is 0 Å². The Hall–Kier alpha value is -0.830. The number of aromatic nitrogens is 2. The van der Waals surface area contributed by atoms with Crippen molar-refractivity contribution < 1.29 is 17.9 Å². The molecule has 1 saturated carbocycles. The highest BCUT2D eigenvalue weighted by Crippen LogP contribution is 2.32. The summed E-state index contributed by atoms with van der Waals surface area (Å²) in [6.07, 6.45) is 0.204. The van der Waals surface area contributed by atoms with Gasteiger partial charge < -0.3 is 15.4 Å². The van der Waals surface area contributed by atoms with Crippen LogP contribution in [0.1, 0.15) is 30.5 Å². The lowest BCUT2D eigenvalue weighted by molar-refractivity contribution is -0.142. The van der Waals surface area contributed by atoms with E-state index in [4.69, 9.17) is 4.74 Å². The molecule has 0 spiro atoms. The summed E-state index contributed by atoms with van der Waals surface area (Å²) in [6, 6.07) is 0.509. The molecule has 1 aliphatic carbocycles. The summed E-state index contributed by atoms with van der Waals surface area (Å²) < 4.78 is 45.7. The van der Waals surface area contributed by atoms with Gasteiger partial charge in [-0.1, -0.05) is 6.42 Å². The number of hydrogen-bond donors (Lipinski definition) is 2. The van der Waals surface area contributed by atoms with Crippen molar-refractivity contribution in [3.05, 3.63) is 17.5 Å². The smallest absolute Gasteiger partial charge is 0.379 e. The molecular formula is C15H24ClF3N4O. The maximum absolute atomic E-state index is 13.0. The number of aryl methyl sites for hydroxylation is 1. The molecule has 138 valence electrons. The fraction of sp³-hybridized carbons (Fsp3) is 0.800. The zero-order chi connectivity index (χ0) is 16.4. The van der Waals surface area contributed by atoms with Crippen molar-refractivity contribution in [3.63, 3.8) is 0 Å². The van der Waals surface area contributed by atoms with Gasteiger partial charge in [0.2, 0.25) is 0 Å². The summed E-state index contributed by atoms with van der Waals surface area (Å²) in [5, 5.41) is 10.3. The van der Waals surface area contributed by atoms with Gasteiger partial charge in [-0.3, -0.25) is 4.68 Å². The Morgan fingerprint density at radius 3 is 2.88 bits per heavy atom. The average molecular weight is 369 g/mol. The Morgan fingerprint density at radius 1 is 1.42 bits per heavy atom. The minimum atomic E-state index is -4.41. The fourth-order valence-electron chi connectivity index (χ4n) is 3.73. The number of nitrogens with one attached hydrogen (secondary N) is 2. The lowest BCUT2D eigenvalue weighted by Gasteiger charge is -2.33. The predicted molar refractivity (Wildman–Crippen MR) is 86.0 cm³/mol. The molecule has 3 unspecified atom stereocenters. The summed E-state index contributed by atoms with van der Waals surface area (Å²) in [5.74, 6) is 0.404. The highest BCUT2D eigenvalue weighted by Gasteiger charge is 2.38. The van der Waals surface area contributed by atoms with E-state index < -0.39 is 11.9 Å². The first-order valence-corrected chi connectivity index (χ1v) is 8.09. The summed E-state index contributed by atoms with van der Waals surface area (Å²) in [6.45, 7) is 2.45. The molecule has 2 N–H and O–H groups in total. The molecule has 0 radical (unpaired) electrons. The first-order valence-electron chi connectivity index (χ1n) is 8.09. The fourth-order valence-corrected chi connectivity index (χ4v) is 3.73. The first kappa shape index (κ1) is 19.5. The van der Waals surface area contributed by atoms with Crippen LogP contribution in [-0.4, -0.2) is 41.6 Å². The van der Waals surface area contributed by atoms with Crippen molar-refractivity contribution in [2.75, 3.05) is 19.8 Å². The van der Waals surface area contributed by atoms with Crippen molar-refractivity contribution in [2.24, 2.45) is 13.0 Å². The van der Waals surface area contributed by atoms with Gasteiger partial charge in [0.1, 0.15) is 0 Å². The monoisotopic (exact) mass is 368 g/mol. The maximum atomic E-state index is 13.0. The maximum Gasteiger partial charge on any atom is 0.435 e. The van der Waals surface area contributed by atoms with Crippen LogP contribution in [0, 0.1) is 5.92 Å². The van der Waals surface area contributed by atoms with Crippen LogP contribution in [-0.2, 0) is 24.5 Å². The van der Waals surface area contributed by atoms with Gasteiger partial charge in [0, 0.05) is 44.0 Å². The molecular weight excluding hydrogens is 345 g/mol. The molecule has 1 aromatic rings. The number of halogens is 4. The van der Waals surface area contributed by atoms with Crippen LogP contribution < -0.4 is 10.6 Å². The van der Waals surface area contributed by atoms with E-state index in [1.807, 2.05) is 0 Å². The molecule has 0 amide bonds. The van der Waals surface area contributed by atoms with Crippen LogP contribution in [0.15, 0.2) is 6.20 Å². The molecule has 2 aliphatic rings. The second kappa shape index (κ2) is 8.03. The Labute approximate surface area is 145 Å². The van der Waals surface area contributed by atoms with Crippen LogP contribution in [0.25, 0.3) is 0 Å². The van der Waals surface area contributed by atoms with E-state index in [1.165, 1.54) is 17.9 Å². The second-order valence-corrected chi connectivity index (χ2v) is 6.39. The van der Waals surface area contributed by atoms with E-state index in [9.17, 15) is 13.2 Å². The van der Waals surface area contributed by atoms with Crippen LogP contribution in [0.3, 0.4) is 0 Å². The quantitative estimate of drug-likeness (QED) is 0.854. The summed E-state index contributed by atoms with van der Waals surface area (Å²) >= 11 is 0. The Bertz CT molecular complexity index is 531. The van der Waals surface area contributed by atoms with Gasteiger partial charge in [-0.05, 0) is 18.8 Å². The van der Waals surface area contributed by atoms with Gasteiger partial charge in [-0.2, -0.15) is 18.3 Å². The van der Waals surface area contributed by atoms with Crippen LogP contribution in [0.2, 0.25) is 0 Å². The number of nitrogens with zero attached hydrogens (tertiary/aromatic N) is 2. The summed E-state index contributed by atoms with van der Waals surface area (Å²) in [5.41, 5.74) is -0.584. The topological polar surface area (TPSA) is 51.1 Å². The van der Waals surface area contributed by atoms with E-state index in [0.29, 0.717) is 18.6 Å². The molecule has 2 heterocycles. The van der Waals surface area contributed by atoms with E-state index in [-0.39, 0.29) is 30.6 Å². The molecule has 5 nitrogen and oxygen atoms in total. The van der Waals surface area contributed by atoms with E-state index in [2.05, 4.69) is 15.7 Å². The van der Waals surface area contributed by atoms with Gasteiger partial charge in [0.25, 0.3) is 0 Å². The zero-order valence-electron chi connectivity index (χ0n) is 13.6. The molecule has 24 heavy (non-hydrogen) atoms. The molecule has 1 aliphatic heterocycles.